The van der Waals surface area contributed by atoms with E-state index in [-0.39, 0.29) is 5.82 Å². The van der Waals surface area contributed by atoms with Crippen molar-refractivity contribution in [3.8, 4) is 0 Å². The summed E-state index contributed by atoms with van der Waals surface area (Å²) in [6.45, 7) is 1.93. The molecule has 1 atom stereocenters. The summed E-state index contributed by atoms with van der Waals surface area (Å²) in [4.78, 5) is 1.16. The van der Waals surface area contributed by atoms with Crippen molar-refractivity contribution in [2.75, 3.05) is 6.26 Å². The number of aliphatic hydroxyl groups excluding tert-OH is 1. The van der Waals surface area contributed by atoms with Gasteiger partial charge >= 0.3 is 0 Å². The highest BCUT2D eigenvalue weighted by molar-refractivity contribution is 7.98. The van der Waals surface area contributed by atoms with Crippen LogP contribution in [0.25, 0.3) is 0 Å². The molecule has 0 aromatic heterocycles. The zero-order valence-corrected chi connectivity index (χ0v) is 11.9. The molecule has 0 amide bonds. The van der Waals surface area contributed by atoms with Gasteiger partial charge in [-0.05, 0) is 54.1 Å². The van der Waals surface area contributed by atoms with Crippen LogP contribution in [0.5, 0.6) is 0 Å². The first-order valence-electron chi connectivity index (χ1n) is 6.17. The van der Waals surface area contributed by atoms with E-state index >= 15 is 0 Å². The van der Waals surface area contributed by atoms with Crippen LogP contribution in [0.2, 0.25) is 0 Å². The predicted molar refractivity (Wildman–Crippen MR) is 78.0 cm³/mol. The van der Waals surface area contributed by atoms with E-state index in [1.807, 2.05) is 37.4 Å². The van der Waals surface area contributed by atoms with Gasteiger partial charge < -0.3 is 5.11 Å². The van der Waals surface area contributed by atoms with Crippen molar-refractivity contribution in [2.45, 2.75) is 24.3 Å². The normalized spacial score (nSPS) is 12.4. The Bertz CT molecular complexity index is 551. The van der Waals surface area contributed by atoms with E-state index in [0.29, 0.717) is 6.42 Å². The molecular weight excluding hydrogens is 259 g/mol. The molecule has 1 nitrogen and oxygen atoms in total. The fraction of sp³-hybridized carbons (Fsp3) is 0.250. The second-order valence-electron chi connectivity index (χ2n) is 4.56. The molecule has 1 unspecified atom stereocenters. The third-order valence-corrected chi connectivity index (χ3v) is 3.97. The molecule has 0 bridgehead atoms. The molecule has 2 rings (SSSR count). The highest BCUT2D eigenvalue weighted by atomic mass is 32.2. The number of halogens is 1. The van der Waals surface area contributed by atoms with Gasteiger partial charge in [0.15, 0.2) is 0 Å². The molecule has 0 spiro atoms. The van der Waals surface area contributed by atoms with Gasteiger partial charge in [0, 0.05) is 11.3 Å². The maximum atomic E-state index is 13.2. The van der Waals surface area contributed by atoms with Crippen LogP contribution in [0.4, 0.5) is 4.39 Å². The van der Waals surface area contributed by atoms with E-state index in [1.54, 1.807) is 17.8 Å². The van der Waals surface area contributed by atoms with Crippen LogP contribution in [0, 0.1) is 12.7 Å². The van der Waals surface area contributed by atoms with E-state index in [0.717, 1.165) is 21.6 Å². The monoisotopic (exact) mass is 276 g/mol. The van der Waals surface area contributed by atoms with Crippen LogP contribution in [0.1, 0.15) is 22.8 Å². The van der Waals surface area contributed by atoms with Crippen LogP contribution in [0.15, 0.2) is 47.4 Å². The summed E-state index contributed by atoms with van der Waals surface area (Å²) in [5.74, 6) is -0.259. The fourth-order valence-electron chi connectivity index (χ4n) is 2.01. The third-order valence-electron chi connectivity index (χ3n) is 3.23. The lowest BCUT2D eigenvalue weighted by molar-refractivity contribution is 0.178. The molecule has 0 saturated carbocycles. The zero-order valence-electron chi connectivity index (χ0n) is 11.1. The standard InChI is InChI=1S/C16H17FOS/c1-11-3-6-14(17)9-13(11)10-16(18)12-4-7-15(19-2)8-5-12/h3-9,16,18H,10H2,1-2H3. The van der Waals surface area contributed by atoms with Gasteiger partial charge in [0.1, 0.15) is 5.82 Å². The molecule has 2 aromatic carbocycles. The molecule has 0 aliphatic carbocycles. The molecule has 19 heavy (non-hydrogen) atoms. The number of aliphatic hydroxyl groups is 1. The summed E-state index contributed by atoms with van der Waals surface area (Å²) in [5.41, 5.74) is 2.71. The molecule has 0 fully saturated rings. The van der Waals surface area contributed by atoms with Crippen molar-refractivity contribution in [3.63, 3.8) is 0 Å². The second-order valence-corrected chi connectivity index (χ2v) is 5.44. The average molecular weight is 276 g/mol. The van der Waals surface area contributed by atoms with E-state index in [1.165, 1.54) is 12.1 Å². The lowest BCUT2D eigenvalue weighted by Crippen LogP contribution is -2.03. The minimum atomic E-state index is -0.601. The molecular formula is C16H17FOS. The first-order valence-corrected chi connectivity index (χ1v) is 7.39. The van der Waals surface area contributed by atoms with Crippen molar-refractivity contribution >= 4 is 11.8 Å². The predicted octanol–water partition coefficient (Wildman–Crippen LogP) is 4.13. The maximum Gasteiger partial charge on any atom is 0.123 e. The summed E-state index contributed by atoms with van der Waals surface area (Å²) in [5, 5.41) is 10.2. The third kappa shape index (κ3) is 3.58. The number of thioether (sulfide) groups is 1. The van der Waals surface area contributed by atoms with Crippen LogP contribution in [-0.4, -0.2) is 11.4 Å². The molecule has 0 saturated heterocycles. The van der Waals surface area contributed by atoms with Gasteiger partial charge in [-0.25, -0.2) is 4.39 Å². The number of hydrogen-bond donors (Lipinski definition) is 1. The molecule has 3 heteroatoms. The highest BCUT2D eigenvalue weighted by Gasteiger charge is 2.11. The highest BCUT2D eigenvalue weighted by Crippen LogP contribution is 2.23. The van der Waals surface area contributed by atoms with Crippen LogP contribution in [-0.2, 0) is 6.42 Å². The first-order chi connectivity index (χ1) is 9.10. The fourth-order valence-corrected chi connectivity index (χ4v) is 2.42. The van der Waals surface area contributed by atoms with Crippen LogP contribution >= 0.6 is 11.8 Å². The van der Waals surface area contributed by atoms with Crippen molar-refractivity contribution in [1.29, 1.82) is 0 Å². The number of aryl methyl sites for hydroxylation is 1. The lowest BCUT2D eigenvalue weighted by Gasteiger charge is -2.13. The van der Waals surface area contributed by atoms with Gasteiger partial charge in [0.05, 0.1) is 6.10 Å². The number of rotatable bonds is 4. The Morgan fingerprint density at radius 2 is 1.84 bits per heavy atom. The Labute approximate surface area is 117 Å². The smallest absolute Gasteiger partial charge is 0.123 e. The van der Waals surface area contributed by atoms with Crippen LogP contribution in [0.3, 0.4) is 0 Å². The second kappa shape index (κ2) is 6.22. The zero-order chi connectivity index (χ0) is 13.8. The topological polar surface area (TPSA) is 20.2 Å². The molecule has 0 aliphatic rings. The summed E-state index contributed by atoms with van der Waals surface area (Å²) in [7, 11) is 0. The Hall–Kier alpha value is -1.32. The molecule has 2 aromatic rings. The van der Waals surface area contributed by atoms with Gasteiger partial charge in [-0.15, -0.1) is 11.8 Å². The number of hydrogen-bond acceptors (Lipinski definition) is 2. The largest absolute Gasteiger partial charge is 0.388 e. The molecule has 100 valence electrons. The molecule has 0 radical (unpaired) electrons. The Balaban J connectivity index is 2.15. The Kier molecular flexibility index (Phi) is 4.61. The minimum absolute atomic E-state index is 0.259. The molecule has 0 aliphatic heterocycles. The van der Waals surface area contributed by atoms with Crippen molar-refractivity contribution in [2.24, 2.45) is 0 Å². The van der Waals surface area contributed by atoms with Gasteiger partial charge in [-0.1, -0.05) is 18.2 Å². The first kappa shape index (κ1) is 14.1. The van der Waals surface area contributed by atoms with Gasteiger partial charge in [0.25, 0.3) is 0 Å². The Morgan fingerprint density at radius 3 is 2.47 bits per heavy atom. The van der Waals surface area contributed by atoms with E-state index < -0.39 is 6.10 Å². The minimum Gasteiger partial charge on any atom is -0.388 e. The van der Waals surface area contributed by atoms with E-state index in [2.05, 4.69) is 0 Å². The number of benzene rings is 2. The summed E-state index contributed by atoms with van der Waals surface area (Å²) < 4.78 is 13.2. The average Bonchev–Trinajstić information content (AvgIpc) is 2.43. The van der Waals surface area contributed by atoms with Crippen molar-refractivity contribution in [3.05, 3.63) is 65.0 Å². The Morgan fingerprint density at radius 1 is 1.16 bits per heavy atom. The van der Waals surface area contributed by atoms with Gasteiger partial charge in [-0.2, -0.15) is 0 Å². The summed E-state index contributed by atoms with van der Waals surface area (Å²) in [6, 6.07) is 12.5. The van der Waals surface area contributed by atoms with Gasteiger partial charge in [0.2, 0.25) is 0 Å². The molecule has 0 heterocycles. The van der Waals surface area contributed by atoms with Gasteiger partial charge in [-0.3, -0.25) is 0 Å². The summed E-state index contributed by atoms with van der Waals surface area (Å²) >= 11 is 1.67. The van der Waals surface area contributed by atoms with Crippen LogP contribution < -0.4 is 0 Å². The summed E-state index contributed by atoms with van der Waals surface area (Å²) in [6.07, 6.45) is 1.85. The van der Waals surface area contributed by atoms with Crippen molar-refractivity contribution < 1.29 is 9.50 Å². The van der Waals surface area contributed by atoms with Crippen molar-refractivity contribution in [1.82, 2.24) is 0 Å². The van der Waals surface area contributed by atoms with E-state index in [9.17, 15) is 9.50 Å². The maximum absolute atomic E-state index is 13.2. The SMILES string of the molecule is CSc1ccc(C(O)Cc2cc(F)ccc2C)cc1. The molecule has 1 N–H and O–H groups in total. The quantitative estimate of drug-likeness (QED) is 0.847. The van der Waals surface area contributed by atoms with E-state index in [4.69, 9.17) is 0 Å². The lowest BCUT2D eigenvalue weighted by atomic mass is 9.98.